The van der Waals surface area contributed by atoms with Crippen molar-refractivity contribution in [2.75, 3.05) is 40.9 Å². The van der Waals surface area contributed by atoms with Crippen LogP contribution in [0.25, 0.3) is 0 Å². The molecule has 0 aromatic heterocycles. The van der Waals surface area contributed by atoms with Gasteiger partial charge in [0, 0.05) is 6.42 Å². The fraction of sp³-hybridized carbons (Fsp3) is 0.767. The summed E-state index contributed by atoms with van der Waals surface area (Å²) < 4.78 is 22.8. The minimum Gasteiger partial charge on any atom is -0.387 e. The third-order valence-electron chi connectivity index (χ3n) is 6.15. The number of hydrogen-bond donors (Lipinski definition) is 3. The number of phosphoric acid groups is 1. The lowest BCUT2D eigenvalue weighted by Crippen LogP contribution is -2.45. The van der Waals surface area contributed by atoms with Gasteiger partial charge in [-0.05, 0) is 38.5 Å². The Morgan fingerprint density at radius 1 is 0.846 bits per heavy atom. The van der Waals surface area contributed by atoms with E-state index in [1.807, 2.05) is 27.2 Å². The maximum absolute atomic E-state index is 12.2. The molecule has 0 heterocycles. The molecular weight excluding hydrogens is 515 g/mol. The van der Waals surface area contributed by atoms with Crippen LogP contribution in [0.1, 0.15) is 97.3 Å². The average Bonchev–Trinajstić information content (AvgIpc) is 2.87. The Hall–Kier alpha value is -1.28. The highest BCUT2D eigenvalue weighted by atomic mass is 31.2. The number of amides is 1. The summed E-state index contributed by atoms with van der Waals surface area (Å²) in [4.78, 5) is 21.8. The van der Waals surface area contributed by atoms with Crippen molar-refractivity contribution < 1.29 is 32.9 Å². The van der Waals surface area contributed by atoms with E-state index in [9.17, 15) is 19.4 Å². The number of aliphatic hydroxyl groups is 1. The number of likely N-dealkylation sites (N-methyl/N-ethyl adjacent to an activating group) is 1. The number of unbranched alkanes of at least 4 members (excludes halogenated alkanes) is 9. The van der Waals surface area contributed by atoms with Gasteiger partial charge < -0.3 is 19.8 Å². The van der Waals surface area contributed by atoms with Crippen molar-refractivity contribution in [2.45, 2.75) is 109 Å². The van der Waals surface area contributed by atoms with E-state index in [1.54, 1.807) is 13.0 Å². The molecule has 3 N–H and O–H groups in total. The molecule has 0 saturated carbocycles. The lowest BCUT2D eigenvalue weighted by atomic mass is 10.1. The fourth-order valence-corrected chi connectivity index (χ4v) is 4.36. The van der Waals surface area contributed by atoms with E-state index in [4.69, 9.17) is 9.05 Å². The van der Waals surface area contributed by atoms with Crippen LogP contribution in [-0.4, -0.2) is 73.4 Å². The first-order valence-corrected chi connectivity index (χ1v) is 16.4. The smallest absolute Gasteiger partial charge is 0.387 e. The Morgan fingerprint density at radius 2 is 1.38 bits per heavy atom. The first kappa shape index (κ1) is 37.7. The predicted octanol–water partition coefficient (Wildman–Crippen LogP) is 6.45. The van der Waals surface area contributed by atoms with Crippen molar-refractivity contribution in [3.63, 3.8) is 0 Å². The van der Waals surface area contributed by atoms with E-state index in [2.05, 4.69) is 36.5 Å². The van der Waals surface area contributed by atoms with Gasteiger partial charge in [-0.3, -0.25) is 13.8 Å². The summed E-state index contributed by atoms with van der Waals surface area (Å²) in [5.41, 5.74) is 0. The molecule has 3 atom stereocenters. The number of nitrogens with zero attached hydrogens (tertiary/aromatic N) is 1. The summed E-state index contributed by atoms with van der Waals surface area (Å²) >= 11 is 0. The van der Waals surface area contributed by atoms with Crippen molar-refractivity contribution >= 4 is 13.7 Å². The SMILES string of the molecule is CCCCCCCCC/C=C/CC/C=C/CC/C=C/C(O)C(COP(=O)(O)OCC[N+](C)(C)C)NC(=O)CC. The van der Waals surface area contributed by atoms with Gasteiger partial charge in [0.15, 0.2) is 0 Å². The molecule has 0 aliphatic heterocycles. The summed E-state index contributed by atoms with van der Waals surface area (Å²) in [5, 5.41) is 13.2. The zero-order valence-electron chi connectivity index (χ0n) is 25.4. The highest BCUT2D eigenvalue weighted by molar-refractivity contribution is 7.47. The van der Waals surface area contributed by atoms with Crippen LogP contribution in [0, 0.1) is 0 Å². The molecule has 0 aliphatic rings. The number of allylic oxidation sites excluding steroid dienone is 5. The van der Waals surface area contributed by atoms with E-state index in [0.29, 0.717) is 11.0 Å². The van der Waals surface area contributed by atoms with E-state index >= 15 is 0 Å². The third kappa shape index (κ3) is 25.4. The van der Waals surface area contributed by atoms with Crippen LogP contribution in [0.2, 0.25) is 0 Å². The monoisotopic (exact) mass is 573 g/mol. The van der Waals surface area contributed by atoms with Crippen LogP contribution in [0.5, 0.6) is 0 Å². The molecule has 0 aliphatic carbocycles. The molecule has 0 aromatic rings. The van der Waals surface area contributed by atoms with Crippen molar-refractivity contribution in [3.8, 4) is 0 Å². The number of quaternary nitrogens is 1. The first-order chi connectivity index (χ1) is 18.5. The molecule has 39 heavy (non-hydrogen) atoms. The molecular formula is C30H58N2O6P+. The summed E-state index contributed by atoms with van der Waals surface area (Å²) in [5.74, 6) is -0.283. The molecule has 0 aromatic carbocycles. The Labute approximate surface area is 238 Å². The Kier molecular flexibility index (Phi) is 22.7. The second-order valence-corrected chi connectivity index (χ2v) is 12.5. The zero-order chi connectivity index (χ0) is 29.4. The molecule has 0 rings (SSSR count). The number of carbonyl (C=O) groups is 1. The summed E-state index contributed by atoms with van der Waals surface area (Å²) in [6, 6.07) is -0.862. The Bertz CT molecular complexity index is 748. The summed E-state index contributed by atoms with van der Waals surface area (Å²) in [6.45, 7) is 4.18. The molecule has 8 nitrogen and oxygen atoms in total. The maximum Gasteiger partial charge on any atom is 0.472 e. The lowest BCUT2D eigenvalue weighted by molar-refractivity contribution is -0.870. The largest absolute Gasteiger partial charge is 0.472 e. The highest BCUT2D eigenvalue weighted by Crippen LogP contribution is 2.43. The molecule has 1 amide bonds. The highest BCUT2D eigenvalue weighted by Gasteiger charge is 2.27. The number of nitrogens with one attached hydrogen (secondary N) is 1. The third-order valence-corrected chi connectivity index (χ3v) is 7.14. The van der Waals surface area contributed by atoms with Gasteiger partial charge in [-0.1, -0.05) is 88.8 Å². The van der Waals surface area contributed by atoms with Gasteiger partial charge in [0.25, 0.3) is 0 Å². The number of carbonyl (C=O) groups excluding carboxylic acids is 1. The van der Waals surface area contributed by atoms with Gasteiger partial charge in [-0.2, -0.15) is 0 Å². The van der Waals surface area contributed by atoms with Crippen LogP contribution in [-0.2, 0) is 18.4 Å². The second kappa shape index (κ2) is 23.4. The van der Waals surface area contributed by atoms with Crippen LogP contribution in [0.4, 0.5) is 0 Å². The number of aliphatic hydroxyl groups excluding tert-OH is 1. The van der Waals surface area contributed by atoms with Crippen LogP contribution in [0.3, 0.4) is 0 Å². The molecule has 0 radical (unpaired) electrons. The lowest BCUT2D eigenvalue weighted by Gasteiger charge is -2.25. The Balaban J connectivity index is 4.26. The second-order valence-electron chi connectivity index (χ2n) is 11.1. The van der Waals surface area contributed by atoms with Crippen LogP contribution >= 0.6 is 7.82 Å². The van der Waals surface area contributed by atoms with E-state index in [1.165, 1.54) is 51.4 Å². The summed E-state index contributed by atoms with van der Waals surface area (Å²) in [6.07, 6.45) is 25.7. The van der Waals surface area contributed by atoms with Gasteiger partial charge in [-0.25, -0.2) is 4.57 Å². The number of rotatable bonds is 25. The summed E-state index contributed by atoms with van der Waals surface area (Å²) in [7, 11) is 1.53. The standard InChI is InChI=1S/C30H57N2O6P/c1-6-8-9-10-11-12-13-14-15-16-17-18-19-20-21-22-23-24-29(33)28(31-30(34)7-2)27-38-39(35,36)37-26-25-32(3,4)5/h15-16,19-20,23-24,28-29,33H,6-14,17-18,21-22,25-27H2,1-5H3,(H-,31,34,35,36)/p+1/b16-15+,20-19+,24-23+. The van der Waals surface area contributed by atoms with Crippen LogP contribution in [0.15, 0.2) is 36.5 Å². The quantitative estimate of drug-likeness (QED) is 0.0502. The molecule has 9 heteroatoms. The normalized spacial score (nSPS) is 15.8. The molecule has 0 saturated heterocycles. The number of hydrogen-bond acceptors (Lipinski definition) is 5. The molecule has 228 valence electrons. The van der Waals surface area contributed by atoms with E-state index in [0.717, 1.165) is 25.7 Å². The predicted molar refractivity (Wildman–Crippen MR) is 161 cm³/mol. The van der Waals surface area contributed by atoms with E-state index in [-0.39, 0.29) is 25.5 Å². The topological polar surface area (TPSA) is 105 Å². The van der Waals surface area contributed by atoms with Gasteiger partial charge in [0.1, 0.15) is 13.2 Å². The van der Waals surface area contributed by atoms with Crippen molar-refractivity contribution in [1.29, 1.82) is 0 Å². The van der Waals surface area contributed by atoms with Crippen LogP contribution < -0.4 is 5.32 Å². The zero-order valence-corrected chi connectivity index (χ0v) is 26.2. The molecule has 0 spiro atoms. The van der Waals surface area contributed by atoms with Gasteiger partial charge in [0.2, 0.25) is 5.91 Å². The minimum absolute atomic E-state index is 0.0504. The average molecular weight is 574 g/mol. The molecule has 0 bridgehead atoms. The number of phosphoric ester groups is 1. The molecule has 3 unspecified atom stereocenters. The first-order valence-electron chi connectivity index (χ1n) is 14.9. The van der Waals surface area contributed by atoms with E-state index < -0.39 is 20.0 Å². The van der Waals surface area contributed by atoms with Crippen molar-refractivity contribution in [2.24, 2.45) is 0 Å². The van der Waals surface area contributed by atoms with Gasteiger partial charge >= 0.3 is 7.82 Å². The maximum atomic E-state index is 12.2. The molecule has 0 fully saturated rings. The van der Waals surface area contributed by atoms with Gasteiger partial charge in [-0.15, -0.1) is 0 Å². The fourth-order valence-electron chi connectivity index (χ4n) is 3.62. The van der Waals surface area contributed by atoms with Crippen molar-refractivity contribution in [3.05, 3.63) is 36.5 Å². The Morgan fingerprint density at radius 3 is 1.95 bits per heavy atom. The minimum atomic E-state index is -4.30. The van der Waals surface area contributed by atoms with Crippen molar-refractivity contribution in [1.82, 2.24) is 5.32 Å². The van der Waals surface area contributed by atoms with Gasteiger partial charge in [0.05, 0.1) is 39.9 Å².